The molecule has 1 aliphatic rings. The molecule has 1 aliphatic heterocycles. The maximum absolute atomic E-state index is 8.91. The van der Waals surface area contributed by atoms with Crippen LogP contribution in [0.5, 0.6) is 5.75 Å². The number of aliphatic hydroxyl groups is 1. The van der Waals surface area contributed by atoms with E-state index >= 15 is 0 Å². The Morgan fingerprint density at radius 2 is 1.88 bits per heavy atom. The Morgan fingerprint density at radius 1 is 1.24 bits per heavy atom. The largest absolute Gasteiger partial charge is 0.487 e. The topological polar surface area (TPSA) is 32.7 Å². The number of para-hydroxylation sites is 1. The van der Waals surface area contributed by atoms with Crippen molar-refractivity contribution in [3.8, 4) is 5.75 Å². The van der Waals surface area contributed by atoms with Crippen LogP contribution in [0.4, 0.5) is 0 Å². The highest BCUT2D eigenvalue weighted by atomic mass is 16.5. The fraction of sp³-hybridized carbons (Fsp3) is 0.571. The summed E-state index contributed by atoms with van der Waals surface area (Å²) in [5, 5.41) is 8.91. The van der Waals surface area contributed by atoms with Crippen molar-refractivity contribution < 1.29 is 9.84 Å². The molecule has 0 radical (unpaired) electrons. The molecule has 1 saturated heterocycles. The Labute approximate surface area is 103 Å². The molecule has 1 aromatic carbocycles. The summed E-state index contributed by atoms with van der Waals surface area (Å²) in [6.45, 7) is 5.21. The summed E-state index contributed by atoms with van der Waals surface area (Å²) in [7, 11) is 0. The van der Waals surface area contributed by atoms with Crippen LogP contribution in [0.3, 0.4) is 0 Å². The van der Waals surface area contributed by atoms with Gasteiger partial charge < -0.3 is 14.7 Å². The van der Waals surface area contributed by atoms with Crippen molar-refractivity contribution in [2.24, 2.45) is 0 Å². The second-order valence-electron chi connectivity index (χ2n) is 4.93. The molecule has 0 aliphatic carbocycles. The summed E-state index contributed by atoms with van der Waals surface area (Å²) in [6, 6.07) is 10.0. The van der Waals surface area contributed by atoms with Gasteiger partial charge in [0.15, 0.2) is 0 Å². The summed E-state index contributed by atoms with van der Waals surface area (Å²) < 4.78 is 6.08. The minimum Gasteiger partial charge on any atom is -0.487 e. The van der Waals surface area contributed by atoms with Gasteiger partial charge in [-0.15, -0.1) is 0 Å². The van der Waals surface area contributed by atoms with Gasteiger partial charge >= 0.3 is 0 Å². The Kier molecular flexibility index (Phi) is 4.02. The summed E-state index contributed by atoms with van der Waals surface area (Å²) in [4.78, 5) is 2.29. The van der Waals surface area contributed by atoms with E-state index in [0.29, 0.717) is 0 Å². The van der Waals surface area contributed by atoms with Gasteiger partial charge in [-0.1, -0.05) is 18.2 Å². The number of piperidine rings is 1. The van der Waals surface area contributed by atoms with Gasteiger partial charge in [-0.25, -0.2) is 0 Å². The average molecular weight is 235 g/mol. The lowest BCUT2D eigenvalue weighted by Crippen LogP contribution is -2.46. The third kappa shape index (κ3) is 3.45. The van der Waals surface area contributed by atoms with E-state index in [2.05, 4.69) is 11.8 Å². The molecule has 3 nitrogen and oxygen atoms in total. The normalized spacial score (nSPS) is 20.1. The Bertz CT molecular complexity index is 331. The van der Waals surface area contributed by atoms with Crippen molar-refractivity contribution in [1.82, 2.24) is 4.90 Å². The first-order chi connectivity index (χ1) is 8.22. The van der Waals surface area contributed by atoms with Gasteiger partial charge in [0.25, 0.3) is 0 Å². The highest BCUT2D eigenvalue weighted by Crippen LogP contribution is 2.27. The Balaban J connectivity index is 1.89. The van der Waals surface area contributed by atoms with E-state index in [4.69, 9.17) is 9.84 Å². The smallest absolute Gasteiger partial charge is 0.120 e. The van der Waals surface area contributed by atoms with Crippen LogP contribution in [0, 0.1) is 0 Å². The Morgan fingerprint density at radius 3 is 2.47 bits per heavy atom. The van der Waals surface area contributed by atoms with E-state index in [1.165, 1.54) is 0 Å². The molecule has 1 N–H and O–H groups in total. The molecule has 0 aromatic heterocycles. The highest BCUT2D eigenvalue weighted by molar-refractivity contribution is 5.22. The van der Waals surface area contributed by atoms with Crippen LogP contribution < -0.4 is 4.74 Å². The SMILES string of the molecule is CC1(Oc2ccccc2)CCN(CCO)CC1. The number of hydrogen-bond donors (Lipinski definition) is 1. The number of β-amino-alcohol motifs (C(OH)–C–C–N with tert-alkyl or cyclic N) is 1. The molecule has 17 heavy (non-hydrogen) atoms. The summed E-state index contributed by atoms with van der Waals surface area (Å²) in [5.74, 6) is 0.950. The van der Waals surface area contributed by atoms with E-state index in [0.717, 1.165) is 38.2 Å². The standard InChI is InChI=1S/C14H21NO2/c1-14(17-13-5-3-2-4-6-13)7-9-15(10-8-14)11-12-16/h2-6,16H,7-12H2,1H3. The molecule has 0 amide bonds. The first-order valence-electron chi connectivity index (χ1n) is 6.29. The van der Waals surface area contributed by atoms with Crippen LogP contribution in [0.1, 0.15) is 19.8 Å². The lowest BCUT2D eigenvalue weighted by molar-refractivity contribution is 0.0126. The van der Waals surface area contributed by atoms with Crippen LogP contribution in [-0.4, -0.2) is 41.8 Å². The van der Waals surface area contributed by atoms with E-state index in [-0.39, 0.29) is 12.2 Å². The molecule has 0 saturated carbocycles. The van der Waals surface area contributed by atoms with Crippen LogP contribution in [-0.2, 0) is 0 Å². The van der Waals surface area contributed by atoms with Crippen LogP contribution in [0.15, 0.2) is 30.3 Å². The fourth-order valence-corrected chi connectivity index (χ4v) is 2.27. The average Bonchev–Trinajstić information content (AvgIpc) is 2.34. The molecule has 94 valence electrons. The highest BCUT2D eigenvalue weighted by Gasteiger charge is 2.31. The second kappa shape index (κ2) is 5.52. The molecular weight excluding hydrogens is 214 g/mol. The van der Waals surface area contributed by atoms with Crippen molar-refractivity contribution in [2.45, 2.75) is 25.4 Å². The fourth-order valence-electron chi connectivity index (χ4n) is 2.27. The van der Waals surface area contributed by atoms with Gasteiger partial charge in [-0.2, -0.15) is 0 Å². The maximum atomic E-state index is 8.91. The molecule has 1 heterocycles. The predicted octanol–water partition coefficient (Wildman–Crippen LogP) is 1.91. The molecule has 0 unspecified atom stereocenters. The van der Waals surface area contributed by atoms with Crippen LogP contribution >= 0.6 is 0 Å². The van der Waals surface area contributed by atoms with Gasteiger partial charge in [0.1, 0.15) is 11.4 Å². The molecule has 0 atom stereocenters. The first kappa shape index (κ1) is 12.4. The van der Waals surface area contributed by atoms with Crippen molar-refractivity contribution in [2.75, 3.05) is 26.2 Å². The van der Waals surface area contributed by atoms with Gasteiger partial charge in [0.05, 0.1) is 6.61 Å². The number of aliphatic hydroxyl groups excluding tert-OH is 1. The molecule has 1 aromatic rings. The lowest BCUT2D eigenvalue weighted by Gasteiger charge is -2.39. The number of benzene rings is 1. The van der Waals surface area contributed by atoms with E-state index < -0.39 is 0 Å². The molecular formula is C14H21NO2. The van der Waals surface area contributed by atoms with E-state index in [9.17, 15) is 0 Å². The Hall–Kier alpha value is -1.06. The van der Waals surface area contributed by atoms with Gasteiger partial charge in [-0.3, -0.25) is 0 Å². The number of rotatable bonds is 4. The second-order valence-corrected chi connectivity index (χ2v) is 4.93. The third-order valence-electron chi connectivity index (χ3n) is 3.44. The molecule has 0 spiro atoms. The van der Waals surface area contributed by atoms with E-state index in [1.807, 2.05) is 30.3 Å². The van der Waals surface area contributed by atoms with Crippen LogP contribution in [0.25, 0.3) is 0 Å². The van der Waals surface area contributed by atoms with Crippen molar-refractivity contribution >= 4 is 0 Å². The molecule has 3 heteroatoms. The van der Waals surface area contributed by atoms with Gasteiger partial charge in [0.2, 0.25) is 0 Å². The first-order valence-corrected chi connectivity index (χ1v) is 6.29. The number of ether oxygens (including phenoxy) is 1. The quantitative estimate of drug-likeness (QED) is 0.865. The number of likely N-dealkylation sites (tertiary alicyclic amines) is 1. The van der Waals surface area contributed by atoms with Crippen molar-refractivity contribution in [3.63, 3.8) is 0 Å². The van der Waals surface area contributed by atoms with Crippen molar-refractivity contribution in [3.05, 3.63) is 30.3 Å². The maximum Gasteiger partial charge on any atom is 0.120 e. The zero-order valence-corrected chi connectivity index (χ0v) is 10.4. The monoisotopic (exact) mass is 235 g/mol. The number of nitrogens with zero attached hydrogens (tertiary/aromatic N) is 1. The molecule has 2 rings (SSSR count). The summed E-state index contributed by atoms with van der Waals surface area (Å²) >= 11 is 0. The molecule has 0 bridgehead atoms. The minimum atomic E-state index is -0.0622. The third-order valence-corrected chi connectivity index (χ3v) is 3.44. The van der Waals surface area contributed by atoms with Crippen LogP contribution in [0.2, 0.25) is 0 Å². The lowest BCUT2D eigenvalue weighted by atomic mass is 9.93. The zero-order valence-electron chi connectivity index (χ0n) is 10.4. The summed E-state index contributed by atoms with van der Waals surface area (Å²) in [6.07, 6.45) is 2.03. The van der Waals surface area contributed by atoms with Crippen molar-refractivity contribution in [1.29, 1.82) is 0 Å². The molecule has 1 fully saturated rings. The van der Waals surface area contributed by atoms with Gasteiger partial charge in [-0.05, 0) is 31.9 Å². The minimum absolute atomic E-state index is 0.0622. The summed E-state index contributed by atoms with van der Waals surface area (Å²) in [5.41, 5.74) is -0.0622. The van der Waals surface area contributed by atoms with E-state index in [1.54, 1.807) is 0 Å². The van der Waals surface area contributed by atoms with Gasteiger partial charge in [0, 0.05) is 19.6 Å². The zero-order chi connectivity index (χ0) is 12.1. The predicted molar refractivity (Wildman–Crippen MR) is 68.2 cm³/mol. The number of hydrogen-bond acceptors (Lipinski definition) is 3.